The topological polar surface area (TPSA) is 62.1 Å². The van der Waals surface area contributed by atoms with Crippen molar-refractivity contribution in [3.05, 3.63) is 77.1 Å². The van der Waals surface area contributed by atoms with Crippen molar-refractivity contribution in [2.24, 2.45) is 0 Å². The molecule has 4 nitrogen and oxygen atoms in total. The summed E-state index contributed by atoms with van der Waals surface area (Å²) < 4.78 is 18.7. The molecule has 0 aliphatic rings. The third kappa shape index (κ3) is 5.58. The molecule has 0 bridgehead atoms. The lowest BCUT2D eigenvalue weighted by Gasteiger charge is -2.05. The maximum atomic E-state index is 13.7. The van der Waals surface area contributed by atoms with E-state index >= 15 is 0 Å². The van der Waals surface area contributed by atoms with E-state index in [0.717, 1.165) is 11.1 Å². The van der Waals surface area contributed by atoms with Crippen LogP contribution in [-0.2, 0) is 17.8 Å². The van der Waals surface area contributed by atoms with E-state index in [0.29, 0.717) is 5.56 Å². The molecule has 0 spiro atoms. The van der Waals surface area contributed by atoms with Gasteiger partial charge in [-0.3, -0.25) is 0 Å². The minimum absolute atomic E-state index is 0.196. The number of amides is 1. The van der Waals surface area contributed by atoms with Gasteiger partial charge in [0, 0.05) is 12.1 Å². The number of ether oxygens (including phenoxy) is 1. The average Bonchev–Trinajstić information content (AvgIpc) is 2.60. The minimum atomic E-state index is -0.540. The molecule has 2 aromatic carbocycles. The SMILES string of the molecule is N#CCc1ccc(F)c(C=CCNC(=O)OCc2ccccc2)c1. The summed E-state index contributed by atoms with van der Waals surface area (Å²) in [7, 11) is 0. The number of nitriles is 1. The van der Waals surface area contributed by atoms with Crippen LogP contribution in [0.3, 0.4) is 0 Å². The maximum Gasteiger partial charge on any atom is 0.407 e. The van der Waals surface area contributed by atoms with Crippen molar-refractivity contribution in [3.8, 4) is 6.07 Å². The summed E-state index contributed by atoms with van der Waals surface area (Å²) in [5, 5.41) is 11.2. The zero-order chi connectivity index (χ0) is 17.2. The molecule has 0 saturated carbocycles. The van der Waals surface area contributed by atoms with Gasteiger partial charge in [0.05, 0.1) is 12.5 Å². The molecule has 0 fully saturated rings. The van der Waals surface area contributed by atoms with Crippen molar-refractivity contribution in [1.82, 2.24) is 5.32 Å². The van der Waals surface area contributed by atoms with E-state index in [1.807, 2.05) is 36.4 Å². The van der Waals surface area contributed by atoms with Crippen LogP contribution < -0.4 is 5.32 Å². The summed E-state index contributed by atoms with van der Waals surface area (Å²) in [5.41, 5.74) is 2.02. The van der Waals surface area contributed by atoms with E-state index in [9.17, 15) is 9.18 Å². The van der Waals surface area contributed by atoms with Crippen LogP contribution in [0.5, 0.6) is 0 Å². The average molecular weight is 324 g/mol. The third-order valence-electron chi connectivity index (χ3n) is 3.22. The molecular formula is C19H17FN2O2. The van der Waals surface area contributed by atoms with Gasteiger partial charge in [-0.15, -0.1) is 0 Å². The minimum Gasteiger partial charge on any atom is -0.445 e. The van der Waals surface area contributed by atoms with E-state index in [2.05, 4.69) is 5.32 Å². The van der Waals surface area contributed by atoms with Gasteiger partial charge in [0.15, 0.2) is 0 Å². The summed E-state index contributed by atoms with van der Waals surface area (Å²) in [6, 6.07) is 15.9. The first-order chi connectivity index (χ1) is 11.7. The molecule has 0 unspecified atom stereocenters. The molecular weight excluding hydrogens is 307 g/mol. The lowest BCUT2D eigenvalue weighted by Crippen LogP contribution is -2.24. The lowest BCUT2D eigenvalue weighted by molar-refractivity contribution is 0.141. The number of halogens is 1. The van der Waals surface area contributed by atoms with Gasteiger partial charge in [0.2, 0.25) is 0 Å². The standard InChI is InChI=1S/C19H17FN2O2/c20-18-9-8-15(10-11-21)13-17(18)7-4-12-22-19(23)24-14-16-5-2-1-3-6-16/h1-9,13H,10,12,14H2,(H,22,23). The lowest BCUT2D eigenvalue weighted by atomic mass is 10.1. The van der Waals surface area contributed by atoms with Crippen molar-refractivity contribution in [2.45, 2.75) is 13.0 Å². The van der Waals surface area contributed by atoms with Gasteiger partial charge in [0.1, 0.15) is 12.4 Å². The maximum absolute atomic E-state index is 13.7. The Bertz CT molecular complexity index is 752. The first-order valence-electron chi connectivity index (χ1n) is 7.45. The third-order valence-corrected chi connectivity index (χ3v) is 3.22. The van der Waals surface area contributed by atoms with E-state index in [1.165, 1.54) is 6.07 Å². The zero-order valence-corrected chi connectivity index (χ0v) is 13.0. The van der Waals surface area contributed by atoms with E-state index in [1.54, 1.807) is 24.3 Å². The Kier molecular flexibility index (Phi) is 6.54. The van der Waals surface area contributed by atoms with Gasteiger partial charge in [-0.2, -0.15) is 5.26 Å². The van der Waals surface area contributed by atoms with Crippen molar-refractivity contribution < 1.29 is 13.9 Å². The normalized spacial score (nSPS) is 10.3. The summed E-state index contributed by atoms with van der Waals surface area (Å²) in [4.78, 5) is 11.6. The molecule has 122 valence electrons. The Hall–Kier alpha value is -3.13. The molecule has 2 rings (SSSR count). The van der Waals surface area contributed by atoms with E-state index in [-0.39, 0.29) is 25.4 Å². The fourth-order valence-corrected chi connectivity index (χ4v) is 2.02. The highest BCUT2D eigenvalue weighted by molar-refractivity contribution is 5.67. The molecule has 5 heteroatoms. The Morgan fingerprint density at radius 2 is 2.00 bits per heavy atom. The molecule has 0 atom stereocenters. The number of benzene rings is 2. The van der Waals surface area contributed by atoms with Gasteiger partial charge in [-0.05, 0) is 23.3 Å². The van der Waals surface area contributed by atoms with Crippen LogP contribution in [0.2, 0.25) is 0 Å². The molecule has 1 amide bonds. The number of nitrogens with zero attached hydrogens (tertiary/aromatic N) is 1. The monoisotopic (exact) mass is 324 g/mol. The fourth-order valence-electron chi connectivity index (χ4n) is 2.02. The molecule has 0 aromatic heterocycles. The number of hydrogen-bond donors (Lipinski definition) is 1. The van der Waals surface area contributed by atoms with E-state index < -0.39 is 6.09 Å². The summed E-state index contributed by atoms with van der Waals surface area (Å²) in [5.74, 6) is -0.375. The predicted molar refractivity (Wildman–Crippen MR) is 89.4 cm³/mol. The predicted octanol–water partition coefficient (Wildman–Crippen LogP) is 3.83. The second kappa shape index (κ2) is 9.11. The second-order valence-electron chi connectivity index (χ2n) is 5.04. The van der Waals surface area contributed by atoms with Gasteiger partial charge < -0.3 is 10.1 Å². The van der Waals surface area contributed by atoms with Crippen LogP contribution in [-0.4, -0.2) is 12.6 Å². The molecule has 24 heavy (non-hydrogen) atoms. The van der Waals surface area contributed by atoms with Gasteiger partial charge in [-0.25, -0.2) is 9.18 Å². The largest absolute Gasteiger partial charge is 0.445 e. The Morgan fingerprint density at radius 3 is 2.75 bits per heavy atom. The van der Waals surface area contributed by atoms with Crippen LogP contribution in [0.25, 0.3) is 6.08 Å². The molecule has 2 aromatic rings. The number of rotatable bonds is 6. The van der Waals surface area contributed by atoms with Gasteiger partial charge in [-0.1, -0.05) is 48.6 Å². The number of alkyl carbamates (subject to hydrolysis) is 1. The highest BCUT2D eigenvalue weighted by atomic mass is 19.1. The van der Waals surface area contributed by atoms with Crippen LogP contribution in [0.1, 0.15) is 16.7 Å². The van der Waals surface area contributed by atoms with Gasteiger partial charge >= 0.3 is 6.09 Å². The number of hydrogen-bond acceptors (Lipinski definition) is 3. The molecule has 0 aliphatic heterocycles. The quantitative estimate of drug-likeness (QED) is 0.878. The first-order valence-corrected chi connectivity index (χ1v) is 7.45. The first kappa shape index (κ1) is 17.2. The van der Waals surface area contributed by atoms with Crippen molar-refractivity contribution in [1.29, 1.82) is 5.26 Å². The highest BCUT2D eigenvalue weighted by Gasteiger charge is 2.02. The molecule has 0 radical (unpaired) electrons. The van der Waals surface area contributed by atoms with Crippen LogP contribution in [0.15, 0.2) is 54.6 Å². The fraction of sp³-hybridized carbons (Fsp3) is 0.158. The van der Waals surface area contributed by atoms with Crippen molar-refractivity contribution >= 4 is 12.2 Å². The second-order valence-corrected chi connectivity index (χ2v) is 5.04. The van der Waals surface area contributed by atoms with Crippen LogP contribution in [0.4, 0.5) is 9.18 Å². The Morgan fingerprint density at radius 1 is 1.21 bits per heavy atom. The van der Waals surface area contributed by atoms with Crippen molar-refractivity contribution in [2.75, 3.05) is 6.54 Å². The van der Waals surface area contributed by atoms with Crippen LogP contribution in [0, 0.1) is 17.1 Å². The van der Waals surface area contributed by atoms with Crippen molar-refractivity contribution in [3.63, 3.8) is 0 Å². The molecule has 0 saturated heterocycles. The smallest absolute Gasteiger partial charge is 0.407 e. The summed E-state index contributed by atoms with van der Waals surface area (Å²) in [6.07, 6.45) is 2.87. The number of nitrogens with one attached hydrogen (secondary N) is 1. The Balaban J connectivity index is 1.79. The number of carbonyl (C=O) groups excluding carboxylic acids is 1. The molecule has 0 aliphatic carbocycles. The highest BCUT2D eigenvalue weighted by Crippen LogP contribution is 2.12. The summed E-state index contributed by atoms with van der Waals surface area (Å²) in [6.45, 7) is 0.413. The summed E-state index contributed by atoms with van der Waals surface area (Å²) >= 11 is 0. The van der Waals surface area contributed by atoms with Gasteiger partial charge in [0.25, 0.3) is 0 Å². The molecule has 1 N–H and O–H groups in total. The van der Waals surface area contributed by atoms with E-state index in [4.69, 9.17) is 10.00 Å². The number of carbonyl (C=O) groups is 1. The Labute approximate surface area is 140 Å². The molecule has 0 heterocycles. The van der Waals surface area contributed by atoms with Crippen LogP contribution >= 0.6 is 0 Å². The zero-order valence-electron chi connectivity index (χ0n) is 13.0.